The van der Waals surface area contributed by atoms with Crippen molar-refractivity contribution in [1.29, 1.82) is 0 Å². The Balaban J connectivity index is 1.54. The Morgan fingerprint density at radius 2 is 1.19 bits per heavy atom. The van der Waals surface area contributed by atoms with Crippen molar-refractivity contribution in [2.75, 3.05) is 0 Å². The van der Waals surface area contributed by atoms with Crippen LogP contribution < -0.4 is 0 Å². The molecule has 5 rings (SSSR count). The highest BCUT2D eigenvalue weighted by Gasteiger charge is 2.70. The summed E-state index contributed by atoms with van der Waals surface area (Å²) in [6, 6.07) is 0. The molecule has 5 saturated carbocycles. The van der Waals surface area contributed by atoms with E-state index in [0.29, 0.717) is 38.4 Å². The molecule has 0 bridgehead atoms. The van der Waals surface area contributed by atoms with E-state index in [1.807, 2.05) is 0 Å². The maximum Gasteiger partial charge on any atom is 0.0571 e. The molecule has 31 heavy (non-hydrogen) atoms. The summed E-state index contributed by atoms with van der Waals surface area (Å²) in [5, 5.41) is 10.7. The van der Waals surface area contributed by atoms with Gasteiger partial charge in [0.2, 0.25) is 0 Å². The highest BCUT2D eigenvalue weighted by molar-refractivity contribution is 5.19. The Hall–Kier alpha value is -0.0400. The van der Waals surface area contributed by atoms with Gasteiger partial charge in [-0.1, -0.05) is 55.4 Å². The van der Waals surface area contributed by atoms with Crippen molar-refractivity contribution in [3.05, 3.63) is 0 Å². The largest absolute Gasteiger partial charge is 0.393 e. The van der Waals surface area contributed by atoms with Crippen LogP contribution >= 0.6 is 0 Å². The Kier molecular flexibility index (Phi) is 4.80. The fraction of sp³-hybridized carbons (Fsp3) is 1.00. The molecule has 0 aliphatic heterocycles. The smallest absolute Gasteiger partial charge is 0.0571 e. The van der Waals surface area contributed by atoms with Gasteiger partial charge in [0.1, 0.15) is 0 Å². The lowest BCUT2D eigenvalue weighted by molar-refractivity contribution is -0.263. The Morgan fingerprint density at radius 3 is 1.90 bits per heavy atom. The predicted octanol–water partition coefficient (Wildman–Crippen LogP) is 8.25. The Morgan fingerprint density at radius 1 is 0.581 bits per heavy atom. The van der Waals surface area contributed by atoms with E-state index in [1.165, 1.54) is 64.2 Å². The van der Waals surface area contributed by atoms with Gasteiger partial charge in [0.15, 0.2) is 0 Å². The summed E-state index contributed by atoms with van der Waals surface area (Å²) >= 11 is 0. The van der Waals surface area contributed by atoms with Gasteiger partial charge in [-0.15, -0.1) is 0 Å². The van der Waals surface area contributed by atoms with Crippen LogP contribution in [0.2, 0.25) is 0 Å². The fourth-order valence-electron chi connectivity index (χ4n) is 11.4. The molecular formula is C30H52O. The van der Waals surface area contributed by atoms with E-state index in [4.69, 9.17) is 0 Å². The van der Waals surface area contributed by atoms with E-state index in [-0.39, 0.29) is 6.10 Å². The van der Waals surface area contributed by atoms with Crippen LogP contribution in [-0.4, -0.2) is 11.2 Å². The summed E-state index contributed by atoms with van der Waals surface area (Å²) < 4.78 is 0. The molecule has 1 N–H and O–H groups in total. The second-order valence-corrected chi connectivity index (χ2v) is 15.5. The van der Waals surface area contributed by atoms with Crippen LogP contribution in [0.4, 0.5) is 0 Å². The zero-order valence-electron chi connectivity index (χ0n) is 22.1. The third kappa shape index (κ3) is 2.77. The van der Waals surface area contributed by atoms with E-state index in [2.05, 4.69) is 55.4 Å². The Labute approximate surface area is 193 Å². The zero-order chi connectivity index (χ0) is 22.7. The van der Waals surface area contributed by atoms with Crippen LogP contribution in [0.25, 0.3) is 0 Å². The summed E-state index contributed by atoms with van der Waals surface area (Å²) in [6.07, 6.45) is 15.1. The second kappa shape index (κ2) is 6.55. The van der Waals surface area contributed by atoms with E-state index in [9.17, 15) is 5.11 Å². The molecule has 1 heteroatoms. The summed E-state index contributed by atoms with van der Waals surface area (Å²) in [6.45, 7) is 20.9. The van der Waals surface area contributed by atoms with Crippen molar-refractivity contribution < 1.29 is 5.11 Å². The number of hydrogen-bond donors (Lipinski definition) is 1. The molecule has 0 aromatic heterocycles. The van der Waals surface area contributed by atoms with Crippen LogP contribution in [0.1, 0.15) is 126 Å². The lowest BCUT2D eigenvalue weighted by Gasteiger charge is -2.75. The topological polar surface area (TPSA) is 20.2 Å². The lowest BCUT2D eigenvalue weighted by atomic mass is 9.30. The van der Waals surface area contributed by atoms with Gasteiger partial charge in [-0.3, -0.25) is 0 Å². The normalized spacial score (nSPS) is 60.9. The molecule has 0 radical (unpaired) electrons. The highest BCUT2D eigenvalue weighted by atomic mass is 16.3. The summed E-state index contributed by atoms with van der Waals surface area (Å²) in [5.41, 5.74) is 2.88. The van der Waals surface area contributed by atoms with Crippen LogP contribution in [0.15, 0.2) is 0 Å². The van der Waals surface area contributed by atoms with Crippen molar-refractivity contribution in [3.63, 3.8) is 0 Å². The van der Waals surface area contributed by atoms with Gasteiger partial charge >= 0.3 is 0 Å². The van der Waals surface area contributed by atoms with Crippen molar-refractivity contribution in [1.82, 2.24) is 0 Å². The van der Waals surface area contributed by atoms with Gasteiger partial charge in [-0.2, -0.15) is 0 Å². The van der Waals surface area contributed by atoms with Crippen molar-refractivity contribution >= 4 is 0 Å². The van der Waals surface area contributed by atoms with Crippen molar-refractivity contribution in [2.45, 2.75) is 132 Å². The fourth-order valence-corrected chi connectivity index (χ4v) is 11.4. The van der Waals surface area contributed by atoms with Gasteiger partial charge < -0.3 is 5.11 Å². The van der Waals surface area contributed by atoms with E-state index in [0.717, 1.165) is 24.2 Å². The number of hydrogen-bond acceptors (Lipinski definition) is 1. The number of rotatable bonds is 0. The molecule has 5 aliphatic rings. The SMILES string of the molecule is C[C@H]1[C@@H](O)CC[C@H]2[C@]1(C)CC[C@H]1[C@@]2(C)CC[C@]2(C)[C@@H]3CC(C)(C)CC[C@]3(C)CC[C@]12C. The van der Waals surface area contributed by atoms with Gasteiger partial charge in [0, 0.05) is 0 Å². The van der Waals surface area contributed by atoms with E-state index < -0.39 is 0 Å². The molecule has 5 aliphatic carbocycles. The molecule has 0 amide bonds. The molecule has 0 unspecified atom stereocenters. The van der Waals surface area contributed by atoms with E-state index >= 15 is 0 Å². The third-order valence-corrected chi connectivity index (χ3v) is 13.9. The monoisotopic (exact) mass is 428 g/mol. The predicted molar refractivity (Wildman–Crippen MR) is 131 cm³/mol. The third-order valence-electron chi connectivity index (χ3n) is 13.9. The van der Waals surface area contributed by atoms with Crippen LogP contribution in [0.5, 0.6) is 0 Å². The quantitative estimate of drug-likeness (QED) is 0.412. The first kappa shape index (κ1) is 22.7. The van der Waals surface area contributed by atoms with Crippen molar-refractivity contribution in [2.24, 2.45) is 56.2 Å². The van der Waals surface area contributed by atoms with Crippen LogP contribution in [-0.2, 0) is 0 Å². The average Bonchev–Trinajstić information content (AvgIpc) is 2.69. The molecule has 0 spiro atoms. The van der Waals surface area contributed by atoms with Gasteiger partial charge in [-0.05, 0) is 127 Å². The summed E-state index contributed by atoms with van der Waals surface area (Å²) in [4.78, 5) is 0. The molecule has 0 aromatic rings. The average molecular weight is 429 g/mol. The maximum atomic E-state index is 10.7. The minimum Gasteiger partial charge on any atom is -0.393 e. The Bertz CT molecular complexity index is 741. The van der Waals surface area contributed by atoms with Crippen molar-refractivity contribution in [3.8, 4) is 0 Å². The van der Waals surface area contributed by atoms with Crippen LogP contribution in [0.3, 0.4) is 0 Å². The molecule has 0 heterocycles. The first-order valence-electron chi connectivity index (χ1n) is 13.9. The minimum absolute atomic E-state index is 0.0781. The van der Waals surface area contributed by atoms with Crippen LogP contribution in [0, 0.1) is 56.2 Å². The molecule has 5 fully saturated rings. The van der Waals surface area contributed by atoms with Gasteiger partial charge in [-0.25, -0.2) is 0 Å². The lowest BCUT2D eigenvalue weighted by Crippen LogP contribution is -2.67. The van der Waals surface area contributed by atoms with Gasteiger partial charge in [0.25, 0.3) is 0 Å². The number of aliphatic hydroxyl groups excluding tert-OH is 1. The minimum atomic E-state index is -0.0781. The maximum absolute atomic E-state index is 10.7. The molecule has 0 aromatic carbocycles. The molecule has 1 nitrogen and oxygen atoms in total. The highest BCUT2D eigenvalue weighted by Crippen LogP contribution is 2.78. The first-order valence-corrected chi connectivity index (χ1v) is 13.9. The number of aliphatic hydroxyl groups is 1. The summed E-state index contributed by atoms with van der Waals surface area (Å²) in [7, 11) is 0. The molecular weight excluding hydrogens is 376 g/mol. The molecule has 0 saturated heterocycles. The number of fused-ring (bicyclic) bond motifs is 7. The molecule has 178 valence electrons. The van der Waals surface area contributed by atoms with Gasteiger partial charge in [0.05, 0.1) is 6.10 Å². The summed E-state index contributed by atoms with van der Waals surface area (Å²) in [5.74, 6) is 3.02. The standard InChI is InChI=1S/C30H52O/c1-20-21(31)9-10-22-27(20,5)12-11-23-28(22,6)16-18-30(8)24-19-25(2,3)13-14-26(24,4)15-17-29(23,30)7/h20-24,31H,9-19H2,1-8H3/t20-,21-,22-,23-,24+,26+,27+,28-,29+,30+/m0/s1. The zero-order valence-corrected chi connectivity index (χ0v) is 22.1. The molecule has 10 atom stereocenters. The second-order valence-electron chi connectivity index (χ2n) is 15.5. The van der Waals surface area contributed by atoms with E-state index in [1.54, 1.807) is 0 Å². The first-order chi connectivity index (χ1) is 14.2.